The van der Waals surface area contributed by atoms with Crippen molar-refractivity contribution < 1.29 is 9.18 Å². The van der Waals surface area contributed by atoms with Gasteiger partial charge in [0.05, 0.1) is 5.25 Å². The molecule has 1 aromatic heterocycles. The number of aromatic nitrogens is 2. The number of benzene rings is 1. The fraction of sp³-hybridized carbons (Fsp3) is 0.308. The number of rotatable bonds is 6. The lowest BCUT2D eigenvalue weighted by atomic mass is 10.3. The van der Waals surface area contributed by atoms with Crippen molar-refractivity contribution in [2.24, 2.45) is 0 Å². The van der Waals surface area contributed by atoms with Crippen LogP contribution in [0.25, 0.3) is 0 Å². The minimum absolute atomic E-state index is 0.160. The first-order chi connectivity index (χ1) is 10.1. The number of carbonyl (C=O) groups is 1. The van der Waals surface area contributed by atoms with Gasteiger partial charge in [-0.15, -0.1) is 10.2 Å². The first-order valence-electron chi connectivity index (χ1n) is 6.39. The van der Waals surface area contributed by atoms with E-state index in [0.717, 1.165) is 16.0 Å². The van der Waals surface area contributed by atoms with Gasteiger partial charge in [-0.3, -0.25) is 4.79 Å². The maximum Gasteiger partial charge on any atom is 0.237 e. The van der Waals surface area contributed by atoms with Gasteiger partial charge >= 0.3 is 0 Å². The van der Waals surface area contributed by atoms with Crippen molar-refractivity contribution in [2.75, 3.05) is 17.2 Å². The molecule has 112 valence electrons. The molecule has 1 amide bonds. The summed E-state index contributed by atoms with van der Waals surface area (Å²) >= 11 is 2.75. The molecule has 0 aliphatic heterocycles. The molecule has 0 fully saturated rings. The van der Waals surface area contributed by atoms with Crippen molar-refractivity contribution in [1.29, 1.82) is 0 Å². The van der Waals surface area contributed by atoms with E-state index in [0.29, 0.717) is 5.69 Å². The van der Waals surface area contributed by atoms with Crippen molar-refractivity contribution in [3.05, 3.63) is 30.1 Å². The van der Waals surface area contributed by atoms with Crippen molar-refractivity contribution in [1.82, 2.24) is 10.2 Å². The highest BCUT2D eigenvalue weighted by atomic mass is 32.2. The standard InChI is InChI=1S/C13H15FN4OS2/c1-3-15-12-17-18-13(21-12)20-8(2)11(19)16-10-6-4-9(14)5-7-10/h4-8H,3H2,1-2H3,(H,15,17)(H,16,19)/t8-/m0/s1. The molecule has 5 nitrogen and oxygen atoms in total. The highest BCUT2D eigenvalue weighted by Crippen LogP contribution is 2.29. The molecule has 0 aliphatic rings. The van der Waals surface area contributed by atoms with Crippen LogP contribution in [0.1, 0.15) is 13.8 Å². The number of hydrogen-bond acceptors (Lipinski definition) is 6. The van der Waals surface area contributed by atoms with Crippen LogP contribution in [0, 0.1) is 5.82 Å². The van der Waals surface area contributed by atoms with E-state index in [1.165, 1.54) is 47.4 Å². The number of anilines is 2. The van der Waals surface area contributed by atoms with Gasteiger partial charge in [0, 0.05) is 12.2 Å². The minimum atomic E-state index is -0.333. The van der Waals surface area contributed by atoms with E-state index in [9.17, 15) is 9.18 Å². The molecule has 0 radical (unpaired) electrons. The van der Waals surface area contributed by atoms with E-state index in [4.69, 9.17) is 0 Å². The van der Waals surface area contributed by atoms with Crippen LogP contribution in [-0.4, -0.2) is 27.9 Å². The van der Waals surface area contributed by atoms with E-state index >= 15 is 0 Å². The summed E-state index contributed by atoms with van der Waals surface area (Å²) < 4.78 is 13.5. The molecule has 0 saturated carbocycles. The Morgan fingerprint density at radius 2 is 2.10 bits per heavy atom. The van der Waals surface area contributed by atoms with Crippen molar-refractivity contribution in [2.45, 2.75) is 23.4 Å². The number of halogens is 1. The Hall–Kier alpha value is -1.67. The van der Waals surface area contributed by atoms with Gasteiger partial charge in [-0.2, -0.15) is 0 Å². The largest absolute Gasteiger partial charge is 0.360 e. The van der Waals surface area contributed by atoms with Crippen LogP contribution in [0.3, 0.4) is 0 Å². The lowest BCUT2D eigenvalue weighted by Crippen LogP contribution is -2.22. The molecular formula is C13H15FN4OS2. The van der Waals surface area contributed by atoms with Crippen molar-refractivity contribution >= 4 is 39.8 Å². The Bertz CT molecular complexity index is 602. The zero-order valence-corrected chi connectivity index (χ0v) is 13.2. The molecule has 2 rings (SSSR count). The Morgan fingerprint density at radius 3 is 2.76 bits per heavy atom. The van der Waals surface area contributed by atoms with Crippen LogP contribution in [0.15, 0.2) is 28.6 Å². The molecule has 1 atom stereocenters. The number of nitrogens with zero attached hydrogens (tertiary/aromatic N) is 2. The molecule has 1 aromatic carbocycles. The summed E-state index contributed by atoms with van der Waals surface area (Å²) in [6, 6.07) is 5.67. The monoisotopic (exact) mass is 326 g/mol. The second-order valence-corrected chi connectivity index (χ2v) is 6.73. The van der Waals surface area contributed by atoms with Gasteiger partial charge in [0.2, 0.25) is 11.0 Å². The number of thioether (sulfide) groups is 1. The molecule has 21 heavy (non-hydrogen) atoms. The van der Waals surface area contributed by atoms with E-state index in [1.54, 1.807) is 6.92 Å². The highest BCUT2D eigenvalue weighted by Gasteiger charge is 2.17. The van der Waals surface area contributed by atoms with Crippen molar-refractivity contribution in [3.8, 4) is 0 Å². The quantitative estimate of drug-likeness (QED) is 0.798. The van der Waals surface area contributed by atoms with Crippen LogP contribution in [-0.2, 0) is 4.79 Å². The second-order valence-electron chi connectivity index (χ2n) is 4.16. The van der Waals surface area contributed by atoms with E-state index < -0.39 is 0 Å². The second kappa shape index (κ2) is 7.37. The SMILES string of the molecule is CCNc1nnc(S[C@@H](C)C(=O)Nc2ccc(F)cc2)s1. The number of nitrogens with one attached hydrogen (secondary N) is 2. The molecule has 2 aromatic rings. The lowest BCUT2D eigenvalue weighted by molar-refractivity contribution is -0.115. The summed E-state index contributed by atoms with van der Waals surface area (Å²) in [5.41, 5.74) is 0.569. The third-order valence-electron chi connectivity index (χ3n) is 2.49. The average molecular weight is 326 g/mol. The maximum absolute atomic E-state index is 12.8. The predicted octanol–water partition coefficient (Wildman–Crippen LogP) is 3.23. The summed E-state index contributed by atoms with van der Waals surface area (Å²) in [6.07, 6.45) is 0. The van der Waals surface area contributed by atoms with E-state index in [-0.39, 0.29) is 17.0 Å². The van der Waals surface area contributed by atoms with Crippen LogP contribution in [0.4, 0.5) is 15.2 Å². The Kier molecular flexibility index (Phi) is 5.51. The van der Waals surface area contributed by atoms with E-state index in [2.05, 4.69) is 20.8 Å². The van der Waals surface area contributed by atoms with Gasteiger partial charge < -0.3 is 10.6 Å². The van der Waals surface area contributed by atoms with Crippen LogP contribution < -0.4 is 10.6 Å². The smallest absolute Gasteiger partial charge is 0.237 e. The predicted molar refractivity (Wildman–Crippen MR) is 84.4 cm³/mol. The Morgan fingerprint density at radius 1 is 1.38 bits per heavy atom. The summed E-state index contributed by atoms with van der Waals surface area (Å²) in [5.74, 6) is -0.493. The zero-order valence-electron chi connectivity index (χ0n) is 11.6. The molecule has 0 bridgehead atoms. The van der Waals surface area contributed by atoms with Gasteiger partial charge in [-0.25, -0.2) is 4.39 Å². The topological polar surface area (TPSA) is 66.9 Å². The number of amides is 1. The summed E-state index contributed by atoms with van der Waals surface area (Å²) in [4.78, 5) is 12.0. The average Bonchev–Trinajstić information content (AvgIpc) is 2.89. The van der Waals surface area contributed by atoms with Gasteiger partial charge in [-0.05, 0) is 38.1 Å². The van der Waals surface area contributed by atoms with Crippen LogP contribution in [0.2, 0.25) is 0 Å². The molecule has 0 aliphatic carbocycles. The minimum Gasteiger partial charge on any atom is -0.360 e. The highest BCUT2D eigenvalue weighted by molar-refractivity contribution is 8.02. The molecule has 0 unspecified atom stereocenters. The third-order valence-corrected chi connectivity index (χ3v) is 4.56. The summed E-state index contributed by atoms with van der Waals surface area (Å²) in [5, 5.41) is 14.2. The lowest BCUT2D eigenvalue weighted by Gasteiger charge is -2.10. The molecule has 8 heteroatoms. The number of carbonyl (C=O) groups excluding carboxylic acids is 1. The van der Waals surface area contributed by atoms with Gasteiger partial charge in [-0.1, -0.05) is 23.1 Å². The first kappa shape index (κ1) is 15.7. The maximum atomic E-state index is 12.8. The normalized spacial score (nSPS) is 12.0. The van der Waals surface area contributed by atoms with Crippen LogP contribution in [0.5, 0.6) is 0 Å². The zero-order chi connectivity index (χ0) is 15.2. The summed E-state index contributed by atoms with van der Waals surface area (Å²) in [6.45, 7) is 4.55. The molecule has 1 heterocycles. The number of hydrogen-bond donors (Lipinski definition) is 2. The van der Waals surface area contributed by atoms with Gasteiger partial charge in [0.25, 0.3) is 0 Å². The van der Waals surface area contributed by atoms with Gasteiger partial charge in [0.15, 0.2) is 4.34 Å². The van der Waals surface area contributed by atoms with Crippen LogP contribution >= 0.6 is 23.1 Å². The molecule has 0 saturated heterocycles. The van der Waals surface area contributed by atoms with Crippen molar-refractivity contribution in [3.63, 3.8) is 0 Å². The van der Waals surface area contributed by atoms with Gasteiger partial charge in [0.1, 0.15) is 5.82 Å². The molecular weight excluding hydrogens is 311 g/mol. The fourth-order valence-electron chi connectivity index (χ4n) is 1.46. The third kappa shape index (κ3) is 4.68. The fourth-order valence-corrected chi connectivity index (χ4v) is 3.43. The molecule has 2 N–H and O–H groups in total. The summed E-state index contributed by atoms with van der Waals surface area (Å²) in [7, 11) is 0. The van der Waals surface area contributed by atoms with E-state index in [1.807, 2.05) is 6.92 Å². The first-order valence-corrected chi connectivity index (χ1v) is 8.08. The molecule has 0 spiro atoms. The Labute approximate surface area is 130 Å². The Balaban J connectivity index is 1.90.